The molecule has 7 heteroatoms. The molecule has 0 saturated carbocycles. The number of esters is 1. The molecule has 16 heavy (non-hydrogen) atoms. The van der Waals surface area contributed by atoms with E-state index in [1.807, 2.05) is 0 Å². The number of hydrogen-bond acceptors (Lipinski definition) is 4. The van der Waals surface area contributed by atoms with Gasteiger partial charge < -0.3 is 14.9 Å². The zero-order valence-electron chi connectivity index (χ0n) is 7.78. The molecule has 0 aliphatic rings. The van der Waals surface area contributed by atoms with E-state index in [1.54, 1.807) is 0 Å². The number of halogens is 3. The van der Waals surface area contributed by atoms with Crippen molar-refractivity contribution in [2.75, 3.05) is 0 Å². The maximum absolute atomic E-state index is 11.7. The number of rotatable bonds is 2. The molecule has 0 aliphatic carbocycles. The van der Waals surface area contributed by atoms with Gasteiger partial charge in [-0.2, -0.15) is 13.2 Å². The van der Waals surface area contributed by atoms with Gasteiger partial charge in [0, 0.05) is 0 Å². The molecule has 1 aromatic rings. The molecule has 0 aliphatic heterocycles. The molecule has 0 bridgehead atoms. The number of ether oxygens (including phenoxy) is 1. The second-order valence-electron chi connectivity index (χ2n) is 2.90. The minimum atomic E-state index is -5.04. The van der Waals surface area contributed by atoms with Crippen LogP contribution in [0.3, 0.4) is 0 Å². The van der Waals surface area contributed by atoms with Crippen molar-refractivity contribution < 1.29 is 32.9 Å². The summed E-state index contributed by atoms with van der Waals surface area (Å²) in [7, 11) is 0. The van der Waals surface area contributed by atoms with Crippen LogP contribution >= 0.6 is 0 Å². The highest BCUT2D eigenvalue weighted by Crippen LogP contribution is 2.25. The first-order valence-electron chi connectivity index (χ1n) is 4.05. The van der Waals surface area contributed by atoms with E-state index >= 15 is 0 Å². The van der Waals surface area contributed by atoms with Crippen molar-refractivity contribution in [1.29, 1.82) is 0 Å². The van der Waals surface area contributed by atoms with Crippen LogP contribution in [0, 0.1) is 0 Å². The minimum Gasteiger partial charge on any atom is -0.504 e. The molecule has 0 fully saturated rings. The number of alkyl halides is 3. The maximum atomic E-state index is 11.7. The summed E-state index contributed by atoms with van der Waals surface area (Å²) in [5.41, 5.74) is 0.132. The fourth-order valence-electron chi connectivity index (χ4n) is 0.890. The van der Waals surface area contributed by atoms with Gasteiger partial charge in [0.25, 0.3) is 0 Å². The fraction of sp³-hybridized carbons (Fsp3) is 0.222. The van der Waals surface area contributed by atoms with E-state index in [1.165, 1.54) is 6.07 Å². The van der Waals surface area contributed by atoms with Crippen molar-refractivity contribution in [3.8, 4) is 11.5 Å². The maximum Gasteiger partial charge on any atom is 0.490 e. The molecule has 0 saturated heterocycles. The highest BCUT2D eigenvalue weighted by Gasteiger charge is 2.40. The van der Waals surface area contributed by atoms with Crippen molar-refractivity contribution >= 4 is 5.97 Å². The molecular formula is C9H7F3O4. The number of hydrogen-bond donors (Lipinski definition) is 2. The fourth-order valence-corrected chi connectivity index (χ4v) is 0.890. The van der Waals surface area contributed by atoms with Crippen molar-refractivity contribution in [2.45, 2.75) is 12.8 Å². The Hall–Kier alpha value is -1.92. The zero-order valence-corrected chi connectivity index (χ0v) is 7.78. The first kappa shape index (κ1) is 12.2. The van der Waals surface area contributed by atoms with E-state index < -0.39 is 30.3 Å². The van der Waals surface area contributed by atoms with Gasteiger partial charge in [-0.1, -0.05) is 6.07 Å². The first-order valence-corrected chi connectivity index (χ1v) is 4.05. The Morgan fingerprint density at radius 2 is 1.88 bits per heavy atom. The molecule has 4 nitrogen and oxygen atoms in total. The number of phenolic OH excluding ortho intramolecular Hbond substituents is 2. The van der Waals surface area contributed by atoms with Crippen LogP contribution in [-0.2, 0) is 16.1 Å². The molecule has 1 rings (SSSR count). The van der Waals surface area contributed by atoms with Crippen molar-refractivity contribution in [3.63, 3.8) is 0 Å². The second kappa shape index (κ2) is 4.30. The van der Waals surface area contributed by atoms with E-state index in [0.29, 0.717) is 0 Å². The van der Waals surface area contributed by atoms with Crippen LogP contribution in [0.25, 0.3) is 0 Å². The molecule has 0 radical (unpaired) electrons. The Morgan fingerprint density at radius 3 is 2.38 bits per heavy atom. The van der Waals surface area contributed by atoms with Crippen LogP contribution in [0.5, 0.6) is 11.5 Å². The van der Waals surface area contributed by atoms with E-state index in [9.17, 15) is 18.0 Å². The third-order valence-corrected chi connectivity index (χ3v) is 1.64. The summed E-state index contributed by atoms with van der Waals surface area (Å²) < 4.78 is 39.1. The molecule has 0 atom stereocenters. The number of aromatic hydroxyl groups is 2. The van der Waals surface area contributed by atoms with Gasteiger partial charge in [0.05, 0.1) is 0 Å². The van der Waals surface area contributed by atoms with Crippen LogP contribution in [-0.4, -0.2) is 22.4 Å². The topological polar surface area (TPSA) is 66.8 Å². The lowest BCUT2D eigenvalue weighted by molar-refractivity contribution is -0.201. The highest BCUT2D eigenvalue weighted by atomic mass is 19.4. The summed E-state index contributed by atoms with van der Waals surface area (Å²) in [5.74, 6) is -3.22. The lowest BCUT2D eigenvalue weighted by Gasteiger charge is -2.07. The normalized spacial score (nSPS) is 11.2. The summed E-state index contributed by atoms with van der Waals surface area (Å²) in [5, 5.41) is 17.9. The molecule has 0 amide bonds. The van der Waals surface area contributed by atoms with Gasteiger partial charge in [0.15, 0.2) is 11.5 Å². The van der Waals surface area contributed by atoms with Gasteiger partial charge >= 0.3 is 12.1 Å². The Bertz CT molecular complexity index is 400. The van der Waals surface area contributed by atoms with Crippen molar-refractivity contribution in [1.82, 2.24) is 0 Å². The number of carbonyl (C=O) groups is 1. The lowest BCUT2D eigenvalue weighted by Crippen LogP contribution is -2.25. The monoisotopic (exact) mass is 236 g/mol. The van der Waals surface area contributed by atoms with Crippen molar-refractivity contribution in [3.05, 3.63) is 23.8 Å². The molecule has 0 unspecified atom stereocenters. The summed E-state index contributed by atoms with van der Waals surface area (Å²) in [6.45, 7) is -0.633. The third-order valence-electron chi connectivity index (χ3n) is 1.64. The smallest absolute Gasteiger partial charge is 0.490 e. The molecule has 2 N–H and O–H groups in total. The summed E-state index contributed by atoms with van der Waals surface area (Å²) in [6, 6.07) is 3.30. The SMILES string of the molecule is O=C(OCc1ccc(O)c(O)c1)C(F)(F)F. The van der Waals surface area contributed by atoms with E-state index in [4.69, 9.17) is 10.2 Å². The molecule has 1 aromatic carbocycles. The Balaban J connectivity index is 2.62. The van der Waals surface area contributed by atoms with E-state index in [-0.39, 0.29) is 5.56 Å². The Kier molecular flexibility index (Phi) is 3.26. The quantitative estimate of drug-likeness (QED) is 0.605. The van der Waals surface area contributed by atoms with Crippen LogP contribution < -0.4 is 0 Å². The minimum absolute atomic E-state index is 0.132. The van der Waals surface area contributed by atoms with E-state index in [2.05, 4.69) is 4.74 Å². The number of benzene rings is 1. The Morgan fingerprint density at radius 1 is 1.25 bits per heavy atom. The van der Waals surface area contributed by atoms with E-state index in [0.717, 1.165) is 12.1 Å². The summed E-state index contributed by atoms with van der Waals surface area (Å²) >= 11 is 0. The second-order valence-corrected chi connectivity index (χ2v) is 2.90. The Labute approximate surface area is 87.9 Å². The van der Waals surface area contributed by atoms with Crippen molar-refractivity contribution in [2.24, 2.45) is 0 Å². The van der Waals surface area contributed by atoms with Gasteiger partial charge in [0.2, 0.25) is 0 Å². The standard InChI is InChI=1S/C9H7F3O4/c10-9(11,12)8(15)16-4-5-1-2-6(13)7(14)3-5/h1-3,13-14H,4H2. The molecule has 0 spiro atoms. The number of phenols is 2. The van der Waals surface area contributed by atoms with Gasteiger partial charge in [0.1, 0.15) is 6.61 Å². The molecule has 0 aromatic heterocycles. The largest absolute Gasteiger partial charge is 0.504 e. The first-order chi connectivity index (χ1) is 7.30. The average molecular weight is 236 g/mol. The predicted octanol–water partition coefficient (Wildman–Crippen LogP) is 1.70. The van der Waals surface area contributed by atoms with Gasteiger partial charge in [-0.05, 0) is 17.7 Å². The summed E-state index contributed by atoms with van der Waals surface area (Å²) in [6.07, 6.45) is -5.04. The lowest BCUT2D eigenvalue weighted by atomic mass is 10.2. The van der Waals surface area contributed by atoms with Crippen LogP contribution in [0.1, 0.15) is 5.56 Å². The van der Waals surface area contributed by atoms with Crippen LogP contribution in [0.2, 0.25) is 0 Å². The van der Waals surface area contributed by atoms with Gasteiger partial charge in [-0.3, -0.25) is 0 Å². The molecule has 88 valence electrons. The zero-order chi connectivity index (χ0) is 12.3. The average Bonchev–Trinajstić information content (AvgIpc) is 2.18. The third kappa shape index (κ3) is 3.04. The van der Waals surface area contributed by atoms with Crippen LogP contribution in [0.15, 0.2) is 18.2 Å². The summed E-state index contributed by atoms with van der Waals surface area (Å²) in [4.78, 5) is 10.3. The van der Waals surface area contributed by atoms with Gasteiger partial charge in [-0.25, -0.2) is 4.79 Å². The molecule has 0 heterocycles. The van der Waals surface area contributed by atoms with Crippen LogP contribution in [0.4, 0.5) is 13.2 Å². The van der Waals surface area contributed by atoms with Gasteiger partial charge in [-0.15, -0.1) is 0 Å². The molecular weight excluding hydrogens is 229 g/mol. The highest BCUT2D eigenvalue weighted by molar-refractivity contribution is 5.75. The predicted molar refractivity (Wildman–Crippen MR) is 45.6 cm³/mol. The number of carbonyl (C=O) groups excluding carboxylic acids is 1.